The largest absolute Gasteiger partial charge is 1.00 e. The molecule has 2 atom stereocenters. The molecule has 0 aromatic carbocycles. The minimum absolute atomic E-state index is 0. The summed E-state index contributed by atoms with van der Waals surface area (Å²) in [5, 5.41) is 8.81. The predicted molar refractivity (Wildman–Crippen MR) is 25.7 cm³/mol. The van der Waals surface area contributed by atoms with Gasteiger partial charge in [-0.25, -0.2) is 0 Å². The predicted octanol–water partition coefficient (Wildman–Crippen LogP) is -3.17. The molecule has 0 amide bonds. The minimum Gasteiger partial charge on any atom is -0.393 e. The first-order valence-electron chi connectivity index (χ1n) is 2.39. The maximum absolute atomic E-state index is 8.81. The van der Waals surface area contributed by atoms with Crippen LogP contribution in [0.25, 0.3) is 0 Å². The third-order valence-electron chi connectivity index (χ3n) is 1.16. The van der Waals surface area contributed by atoms with Gasteiger partial charge in [0.2, 0.25) is 0 Å². The smallest absolute Gasteiger partial charge is 0.393 e. The summed E-state index contributed by atoms with van der Waals surface area (Å²) in [7, 11) is 0. The Kier molecular flexibility index (Phi) is 5.24. The molecule has 0 aliphatic carbocycles. The average Bonchev–Trinajstić information content (AvgIpc) is 1.91. The molecule has 1 fully saturated rings. The monoisotopic (exact) mass is 140 g/mol. The van der Waals surface area contributed by atoms with Crippen molar-refractivity contribution in [2.24, 2.45) is 5.92 Å². The van der Waals surface area contributed by atoms with Crippen LogP contribution in [0, 0.1) is 12.8 Å². The van der Waals surface area contributed by atoms with Crippen molar-refractivity contribution < 1.29 is 61.2 Å². The van der Waals surface area contributed by atoms with Crippen molar-refractivity contribution in [2.45, 2.75) is 6.10 Å². The zero-order valence-electron chi connectivity index (χ0n) is 5.13. The first-order valence-corrected chi connectivity index (χ1v) is 2.39. The molecule has 0 bridgehead atoms. The number of rotatable bonds is 0. The Hall–Kier alpha value is 1.56. The normalized spacial score (nSPS) is 36.8. The molecule has 3 heteroatoms. The van der Waals surface area contributed by atoms with Gasteiger partial charge in [-0.1, -0.05) is 0 Å². The number of aliphatic hydroxyl groups excluding tert-OH is 1. The van der Waals surface area contributed by atoms with Gasteiger partial charge in [0.15, 0.2) is 0 Å². The molecule has 1 aliphatic heterocycles. The van der Waals surface area contributed by atoms with Crippen LogP contribution in [-0.2, 0) is 4.74 Å². The van der Waals surface area contributed by atoms with E-state index in [0.29, 0.717) is 13.2 Å². The molecular weight excluding hydrogens is 131 g/mol. The van der Waals surface area contributed by atoms with E-state index in [2.05, 4.69) is 6.92 Å². The van der Waals surface area contributed by atoms with Crippen LogP contribution in [0.5, 0.6) is 0 Å². The zero-order valence-corrected chi connectivity index (χ0v) is 8.25. The Morgan fingerprint density at radius 2 is 2.12 bits per heavy atom. The van der Waals surface area contributed by atoms with Crippen molar-refractivity contribution in [3.8, 4) is 0 Å². The average molecular weight is 140 g/mol. The van der Waals surface area contributed by atoms with Gasteiger partial charge < -0.3 is 16.8 Å². The summed E-state index contributed by atoms with van der Waals surface area (Å²) in [4.78, 5) is 0. The summed E-state index contributed by atoms with van der Waals surface area (Å²) in [6.07, 6.45) is -0.319. The van der Waals surface area contributed by atoms with Crippen LogP contribution in [0.4, 0.5) is 0 Å². The molecule has 2 nitrogen and oxygen atoms in total. The third kappa shape index (κ3) is 2.43. The fraction of sp³-hybridized carbons (Fsp3) is 0.800. The summed E-state index contributed by atoms with van der Waals surface area (Å²) in [6, 6.07) is 0. The van der Waals surface area contributed by atoms with Crippen molar-refractivity contribution >= 4 is 0 Å². The summed E-state index contributed by atoms with van der Waals surface area (Å²) in [5.74, 6) is 0.0972. The molecule has 0 radical (unpaired) electrons. The van der Waals surface area contributed by atoms with Gasteiger partial charge in [0, 0.05) is 6.61 Å². The number of hydrogen-bond donors (Lipinski definition) is 1. The van der Waals surface area contributed by atoms with Crippen molar-refractivity contribution in [3.63, 3.8) is 0 Å². The van der Waals surface area contributed by atoms with Gasteiger partial charge in [0.05, 0.1) is 12.7 Å². The van der Waals surface area contributed by atoms with Crippen LogP contribution in [0.1, 0.15) is 0 Å². The van der Waals surface area contributed by atoms with Gasteiger partial charge in [-0.05, 0) is 0 Å². The fourth-order valence-electron chi connectivity index (χ4n) is 0.587. The molecule has 1 saturated heterocycles. The zero-order chi connectivity index (χ0) is 5.28. The van der Waals surface area contributed by atoms with E-state index in [1.807, 2.05) is 0 Å². The Labute approximate surface area is 92.0 Å². The van der Waals surface area contributed by atoms with Crippen LogP contribution < -0.4 is 51.4 Å². The maximum Gasteiger partial charge on any atom is 1.00 e. The van der Waals surface area contributed by atoms with E-state index in [1.54, 1.807) is 0 Å². The Balaban J connectivity index is 0.000000490. The molecule has 0 saturated carbocycles. The van der Waals surface area contributed by atoms with Crippen molar-refractivity contribution in [1.29, 1.82) is 0 Å². The fourth-order valence-corrected chi connectivity index (χ4v) is 0.587. The Bertz CT molecular complexity index is 59.4. The molecule has 0 spiro atoms. The Morgan fingerprint density at radius 3 is 2.25 bits per heavy atom. The van der Waals surface area contributed by atoms with Crippen molar-refractivity contribution in [2.75, 3.05) is 13.2 Å². The number of ether oxygens (including phenoxy) is 1. The van der Waals surface area contributed by atoms with Gasteiger partial charge in [0.1, 0.15) is 0 Å². The molecule has 1 rings (SSSR count). The minimum atomic E-state index is -0.319. The van der Waals surface area contributed by atoms with Crippen molar-refractivity contribution in [1.82, 2.24) is 0 Å². The van der Waals surface area contributed by atoms with E-state index in [9.17, 15) is 0 Å². The topological polar surface area (TPSA) is 29.5 Å². The number of hydrogen-bond acceptors (Lipinski definition) is 2. The summed E-state index contributed by atoms with van der Waals surface area (Å²) >= 11 is 0. The van der Waals surface area contributed by atoms with Gasteiger partial charge in [0.25, 0.3) is 0 Å². The van der Waals surface area contributed by atoms with Crippen LogP contribution in [-0.4, -0.2) is 24.4 Å². The van der Waals surface area contributed by atoms with Gasteiger partial charge >= 0.3 is 51.4 Å². The second-order valence-electron chi connectivity index (χ2n) is 1.86. The van der Waals surface area contributed by atoms with Gasteiger partial charge in [-0.15, -0.1) is 5.92 Å². The first-order chi connectivity index (χ1) is 3.30. The van der Waals surface area contributed by atoms with E-state index in [-0.39, 0.29) is 63.4 Å². The summed E-state index contributed by atoms with van der Waals surface area (Å²) in [6.45, 7) is 4.72. The standard InChI is InChI=1S/C5H9O2.K/c1-4-2-7-3-5(4)6;/h4-6H,1-3H2;/q-1;+1. The molecule has 2 unspecified atom stereocenters. The van der Waals surface area contributed by atoms with Crippen LogP contribution in [0.2, 0.25) is 0 Å². The molecule has 1 aliphatic rings. The quantitative estimate of drug-likeness (QED) is 0.284. The molecule has 0 aromatic rings. The van der Waals surface area contributed by atoms with E-state index in [0.717, 1.165) is 0 Å². The number of aliphatic hydroxyl groups is 1. The summed E-state index contributed by atoms with van der Waals surface area (Å²) in [5.41, 5.74) is 0. The summed E-state index contributed by atoms with van der Waals surface area (Å²) < 4.78 is 4.86. The van der Waals surface area contributed by atoms with E-state index in [1.165, 1.54) is 0 Å². The molecule has 42 valence electrons. The van der Waals surface area contributed by atoms with E-state index < -0.39 is 0 Å². The second-order valence-corrected chi connectivity index (χ2v) is 1.86. The van der Waals surface area contributed by atoms with E-state index in [4.69, 9.17) is 9.84 Å². The molecule has 8 heavy (non-hydrogen) atoms. The van der Waals surface area contributed by atoms with Gasteiger partial charge in [-0.2, -0.15) is 0 Å². The van der Waals surface area contributed by atoms with Crippen molar-refractivity contribution in [3.05, 3.63) is 6.92 Å². The Morgan fingerprint density at radius 1 is 1.50 bits per heavy atom. The molecule has 1 heterocycles. The maximum atomic E-state index is 8.81. The molecule has 1 N–H and O–H groups in total. The third-order valence-corrected chi connectivity index (χ3v) is 1.16. The van der Waals surface area contributed by atoms with E-state index >= 15 is 0 Å². The second kappa shape index (κ2) is 4.38. The first kappa shape index (κ1) is 9.56. The van der Waals surface area contributed by atoms with Crippen LogP contribution >= 0.6 is 0 Å². The van der Waals surface area contributed by atoms with Gasteiger partial charge in [-0.3, -0.25) is 0 Å². The SMILES string of the molecule is [CH2-]C1COCC1O.[K+]. The molecular formula is C5H9KO2. The molecule has 0 aromatic heterocycles. The van der Waals surface area contributed by atoms with Crippen LogP contribution in [0.3, 0.4) is 0 Å². The van der Waals surface area contributed by atoms with Crippen LogP contribution in [0.15, 0.2) is 0 Å².